The van der Waals surface area contributed by atoms with Crippen LogP contribution in [0.5, 0.6) is 0 Å². The van der Waals surface area contributed by atoms with E-state index in [1.54, 1.807) is 14.2 Å². The van der Waals surface area contributed by atoms with Crippen molar-refractivity contribution in [1.29, 1.82) is 0 Å². The minimum absolute atomic E-state index is 0.00385. The summed E-state index contributed by atoms with van der Waals surface area (Å²) in [6.07, 6.45) is 14.3. The number of halogens is 1. The lowest BCUT2D eigenvalue weighted by molar-refractivity contribution is -0.155. The molecule has 0 aromatic rings. The van der Waals surface area contributed by atoms with Crippen molar-refractivity contribution in [3.8, 4) is 0 Å². The van der Waals surface area contributed by atoms with Crippen LogP contribution in [0, 0.1) is 29.6 Å². The van der Waals surface area contributed by atoms with E-state index in [1.807, 2.05) is 13.8 Å². The standard InChI is InChI=1S/C40H66ClNO9/c1-7-30(21-27(3)20-26(2)12-10-14-32(50-5)22-28(4)39(46)47)35(44)16-9-8-13-31(23-29-17-18-34(41)36(24-29)51-6)33-15-11-19-42(37(45)25-43)38(33)40(48)49/h21,23,25-26,28-30,32-34,36,38-39,46-47H,7-20,22,24H2,1-6H3,(H,48,49)/b27-21+,31-23-/t26-,28?,29?,30-,32?,33?,34?,36?,38?/m1/s1. The van der Waals surface area contributed by atoms with E-state index in [4.69, 9.17) is 21.1 Å². The van der Waals surface area contributed by atoms with E-state index in [0.717, 1.165) is 63.4 Å². The Morgan fingerprint density at radius 3 is 2.33 bits per heavy atom. The summed E-state index contributed by atoms with van der Waals surface area (Å²) in [5.74, 6) is -1.87. The van der Waals surface area contributed by atoms with E-state index >= 15 is 0 Å². The molecule has 9 atom stereocenters. The molecule has 0 aromatic heterocycles. The molecule has 2 fully saturated rings. The average Bonchev–Trinajstić information content (AvgIpc) is 3.10. The van der Waals surface area contributed by atoms with Crippen LogP contribution >= 0.6 is 11.6 Å². The van der Waals surface area contributed by atoms with Crippen LogP contribution in [-0.2, 0) is 28.7 Å². The van der Waals surface area contributed by atoms with E-state index in [2.05, 4.69) is 26.0 Å². The Balaban J connectivity index is 2.02. The van der Waals surface area contributed by atoms with Crippen molar-refractivity contribution in [3.63, 3.8) is 0 Å². The minimum atomic E-state index is -1.34. The number of allylic oxidation sites excluding steroid dienone is 3. The molecular formula is C40H66ClNO9. The third-order valence-electron chi connectivity index (χ3n) is 11.1. The number of amides is 1. The summed E-state index contributed by atoms with van der Waals surface area (Å²) < 4.78 is 11.2. The first kappa shape index (κ1) is 45.0. The third kappa shape index (κ3) is 15.0. The Morgan fingerprint density at radius 1 is 1.02 bits per heavy atom. The van der Waals surface area contributed by atoms with Gasteiger partial charge in [-0.15, -0.1) is 11.6 Å². The Hall–Kier alpha value is -2.11. The lowest BCUT2D eigenvalue weighted by atomic mass is 9.77. The monoisotopic (exact) mass is 739 g/mol. The number of carbonyl (C=O) groups is 4. The van der Waals surface area contributed by atoms with Crippen LogP contribution in [-0.4, -0.2) is 94.8 Å². The van der Waals surface area contributed by atoms with Gasteiger partial charge in [-0.05, 0) is 95.8 Å². The number of aldehydes is 1. The number of likely N-dealkylation sites (tertiary alicyclic amines) is 1. The van der Waals surface area contributed by atoms with Crippen LogP contribution in [0.1, 0.15) is 124 Å². The quantitative estimate of drug-likeness (QED) is 0.0255. The topological polar surface area (TPSA) is 151 Å². The van der Waals surface area contributed by atoms with Gasteiger partial charge in [-0.3, -0.25) is 14.4 Å². The number of carbonyl (C=O) groups excluding carboxylic acids is 3. The minimum Gasteiger partial charge on any atom is -0.480 e. The molecule has 7 unspecified atom stereocenters. The fraction of sp³-hybridized carbons (Fsp3) is 0.800. The van der Waals surface area contributed by atoms with Crippen LogP contribution in [0.2, 0.25) is 0 Å². The number of ketones is 1. The van der Waals surface area contributed by atoms with Gasteiger partial charge >= 0.3 is 5.97 Å². The maximum Gasteiger partial charge on any atom is 0.327 e. The van der Waals surface area contributed by atoms with Gasteiger partial charge in [-0.25, -0.2) is 4.79 Å². The second-order valence-electron chi connectivity index (χ2n) is 15.2. The third-order valence-corrected chi connectivity index (χ3v) is 11.6. The van der Waals surface area contributed by atoms with Gasteiger partial charge in [0.1, 0.15) is 11.8 Å². The number of rotatable bonds is 23. The maximum absolute atomic E-state index is 13.4. The SMILES string of the molecule is CC[C@H](/C=C(\C)C[C@H](C)CCCC(CC(C)C(O)O)OC)C(=O)CCCC/C(=C/C1CCC(Cl)C(OC)C1)C1CCCN(C(=O)C=O)C1C(=O)O. The van der Waals surface area contributed by atoms with Gasteiger partial charge in [0.2, 0.25) is 6.29 Å². The molecule has 1 aliphatic carbocycles. The van der Waals surface area contributed by atoms with E-state index in [0.29, 0.717) is 44.4 Å². The number of aliphatic carboxylic acids is 1. The lowest BCUT2D eigenvalue weighted by Gasteiger charge is -2.40. The fourth-order valence-corrected chi connectivity index (χ4v) is 8.43. The predicted octanol–water partition coefficient (Wildman–Crippen LogP) is 6.88. The van der Waals surface area contributed by atoms with Crippen molar-refractivity contribution in [3.05, 3.63) is 23.3 Å². The summed E-state index contributed by atoms with van der Waals surface area (Å²) in [6.45, 7) is 8.41. The average molecular weight is 740 g/mol. The summed E-state index contributed by atoms with van der Waals surface area (Å²) in [5.41, 5.74) is 2.20. The van der Waals surface area contributed by atoms with Crippen molar-refractivity contribution < 1.29 is 44.0 Å². The zero-order valence-corrected chi connectivity index (χ0v) is 32.7. The number of aliphatic hydroxyl groups is 2. The molecule has 1 amide bonds. The summed E-state index contributed by atoms with van der Waals surface area (Å²) in [4.78, 5) is 50.9. The van der Waals surface area contributed by atoms with Crippen molar-refractivity contribution in [1.82, 2.24) is 4.90 Å². The number of alkyl halides is 1. The Morgan fingerprint density at radius 2 is 1.73 bits per heavy atom. The first-order chi connectivity index (χ1) is 24.3. The number of hydrogen-bond donors (Lipinski definition) is 3. The van der Waals surface area contributed by atoms with Gasteiger partial charge in [-0.1, -0.05) is 56.9 Å². The number of carboxylic acid groups (broad SMARTS) is 1. The summed E-state index contributed by atoms with van der Waals surface area (Å²) >= 11 is 6.50. The molecule has 0 bridgehead atoms. The molecule has 2 rings (SSSR count). The number of Topliss-reactive ketones (excluding diaryl/α,β-unsaturated/α-hetero) is 1. The van der Waals surface area contributed by atoms with Crippen LogP contribution in [0.15, 0.2) is 23.3 Å². The Bertz CT molecular complexity index is 1160. The molecule has 3 N–H and O–H groups in total. The molecule has 0 spiro atoms. The van der Waals surface area contributed by atoms with Crippen molar-refractivity contribution in [2.75, 3.05) is 20.8 Å². The largest absolute Gasteiger partial charge is 0.480 e. The van der Waals surface area contributed by atoms with Gasteiger partial charge < -0.3 is 29.7 Å². The van der Waals surface area contributed by atoms with Gasteiger partial charge in [0, 0.05) is 44.9 Å². The second-order valence-corrected chi connectivity index (χ2v) is 15.8. The van der Waals surface area contributed by atoms with Crippen molar-refractivity contribution >= 4 is 35.5 Å². The number of hydrogen-bond acceptors (Lipinski definition) is 8. The van der Waals surface area contributed by atoms with E-state index in [-0.39, 0.29) is 54.0 Å². The number of nitrogens with zero attached hydrogens (tertiary/aromatic N) is 1. The Kier molecular flexibility index (Phi) is 20.8. The summed E-state index contributed by atoms with van der Waals surface area (Å²) in [7, 11) is 3.32. The van der Waals surface area contributed by atoms with Crippen LogP contribution in [0.4, 0.5) is 0 Å². The molecule has 2 aliphatic rings. The fourth-order valence-electron chi connectivity index (χ4n) is 8.10. The maximum atomic E-state index is 13.4. The van der Waals surface area contributed by atoms with Crippen molar-refractivity contribution in [2.45, 2.75) is 154 Å². The molecule has 10 nitrogen and oxygen atoms in total. The zero-order valence-electron chi connectivity index (χ0n) is 31.9. The number of unbranched alkanes of at least 4 members (excludes halogenated alkanes) is 1. The smallest absolute Gasteiger partial charge is 0.327 e. The number of ether oxygens (including phenoxy) is 2. The van der Waals surface area contributed by atoms with Gasteiger partial charge in [0.25, 0.3) is 5.91 Å². The van der Waals surface area contributed by atoms with E-state index in [1.165, 1.54) is 10.5 Å². The van der Waals surface area contributed by atoms with Crippen LogP contribution in [0.25, 0.3) is 0 Å². The highest BCUT2D eigenvalue weighted by Crippen LogP contribution is 2.37. The molecule has 1 heterocycles. The Labute approximate surface area is 311 Å². The molecular weight excluding hydrogens is 674 g/mol. The number of carboxylic acids is 1. The number of methoxy groups -OCH3 is 2. The molecule has 1 saturated heterocycles. The second kappa shape index (κ2) is 23.5. The molecule has 0 radical (unpaired) electrons. The van der Waals surface area contributed by atoms with Gasteiger partial charge in [0.05, 0.1) is 17.6 Å². The normalized spacial score (nSPS) is 25.7. The zero-order chi connectivity index (χ0) is 38.1. The highest BCUT2D eigenvalue weighted by Gasteiger charge is 2.41. The predicted molar refractivity (Wildman–Crippen MR) is 199 cm³/mol. The highest BCUT2D eigenvalue weighted by molar-refractivity contribution is 6.24. The first-order valence-electron chi connectivity index (χ1n) is 19.2. The molecule has 1 saturated carbocycles. The number of aliphatic hydroxyl groups excluding tert-OH is 1. The molecule has 0 aromatic carbocycles. The molecule has 51 heavy (non-hydrogen) atoms. The van der Waals surface area contributed by atoms with Crippen LogP contribution in [0.3, 0.4) is 0 Å². The summed E-state index contributed by atoms with van der Waals surface area (Å²) in [5, 5.41) is 29.0. The highest BCUT2D eigenvalue weighted by atomic mass is 35.5. The summed E-state index contributed by atoms with van der Waals surface area (Å²) in [6, 6.07) is -1.10. The van der Waals surface area contributed by atoms with Gasteiger partial charge in [0.15, 0.2) is 6.29 Å². The lowest BCUT2D eigenvalue weighted by Crippen LogP contribution is -2.53. The first-order valence-corrected chi connectivity index (χ1v) is 19.6. The van der Waals surface area contributed by atoms with Crippen LogP contribution < -0.4 is 0 Å². The number of piperidine rings is 1. The van der Waals surface area contributed by atoms with E-state index in [9.17, 15) is 34.5 Å². The molecule has 11 heteroatoms. The molecule has 1 aliphatic heterocycles. The van der Waals surface area contributed by atoms with Gasteiger partial charge in [-0.2, -0.15) is 0 Å². The molecule has 292 valence electrons. The van der Waals surface area contributed by atoms with E-state index < -0.39 is 30.1 Å². The van der Waals surface area contributed by atoms with Crippen molar-refractivity contribution in [2.24, 2.45) is 29.6 Å².